The summed E-state index contributed by atoms with van der Waals surface area (Å²) in [5, 5.41) is 0. The standard InChI is InChI=1S/C11H9BrF6O5S/c1-21-5-22-8-4-6(2-3-7(8)12)9(10(13,14)15)23-24(19,20)11(16,17)18/h2-4,9H,5H2,1H3. The molecule has 0 saturated heterocycles. The molecule has 1 unspecified atom stereocenters. The summed E-state index contributed by atoms with van der Waals surface area (Å²) in [7, 11) is -5.23. The van der Waals surface area contributed by atoms with Gasteiger partial charge in [0, 0.05) is 7.11 Å². The molecule has 1 aromatic carbocycles. The minimum atomic E-state index is -6.47. The Morgan fingerprint density at radius 1 is 1.17 bits per heavy atom. The molecule has 13 heteroatoms. The number of rotatable bonds is 6. The van der Waals surface area contributed by atoms with Crippen LogP contribution in [0.2, 0.25) is 0 Å². The second-order valence-corrected chi connectivity index (χ2v) is 6.58. The number of methoxy groups -OCH3 is 1. The molecule has 0 N–H and O–H groups in total. The van der Waals surface area contributed by atoms with E-state index in [2.05, 4.69) is 24.8 Å². The van der Waals surface area contributed by atoms with Crippen LogP contribution in [0.25, 0.3) is 0 Å². The number of hydrogen-bond donors (Lipinski definition) is 0. The highest BCUT2D eigenvalue weighted by Gasteiger charge is 2.54. The van der Waals surface area contributed by atoms with Crippen molar-refractivity contribution in [2.24, 2.45) is 0 Å². The zero-order chi connectivity index (χ0) is 18.8. The summed E-state index contributed by atoms with van der Waals surface area (Å²) >= 11 is 2.95. The van der Waals surface area contributed by atoms with Crippen molar-refractivity contribution in [3.8, 4) is 5.75 Å². The molecule has 138 valence electrons. The van der Waals surface area contributed by atoms with E-state index in [1.54, 1.807) is 0 Å². The molecule has 1 aromatic rings. The van der Waals surface area contributed by atoms with Crippen LogP contribution < -0.4 is 4.74 Å². The van der Waals surface area contributed by atoms with Crippen LogP contribution in [0.1, 0.15) is 11.7 Å². The molecule has 0 radical (unpaired) electrons. The van der Waals surface area contributed by atoms with Gasteiger partial charge in [-0.15, -0.1) is 0 Å². The quantitative estimate of drug-likeness (QED) is 0.287. The first-order valence-electron chi connectivity index (χ1n) is 5.77. The zero-order valence-electron chi connectivity index (χ0n) is 11.6. The third-order valence-corrected chi connectivity index (χ3v) is 4.06. The number of halogens is 7. The number of hydrogen-bond acceptors (Lipinski definition) is 5. The van der Waals surface area contributed by atoms with Crippen LogP contribution in [0.3, 0.4) is 0 Å². The lowest BCUT2D eigenvalue weighted by Gasteiger charge is -2.22. The van der Waals surface area contributed by atoms with E-state index >= 15 is 0 Å². The highest BCUT2D eigenvalue weighted by Crippen LogP contribution is 2.42. The van der Waals surface area contributed by atoms with Gasteiger partial charge in [0.1, 0.15) is 5.75 Å². The van der Waals surface area contributed by atoms with E-state index in [0.29, 0.717) is 6.07 Å². The minimum Gasteiger partial charge on any atom is -0.466 e. The molecule has 1 rings (SSSR count). The van der Waals surface area contributed by atoms with Crippen LogP contribution in [0.4, 0.5) is 26.3 Å². The van der Waals surface area contributed by atoms with Crippen molar-refractivity contribution >= 4 is 26.0 Å². The van der Waals surface area contributed by atoms with Crippen LogP contribution in [0.15, 0.2) is 22.7 Å². The van der Waals surface area contributed by atoms with Crippen LogP contribution in [-0.4, -0.2) is 34.0 Å². The molecule has 0 saturated carbocycles. The summed E-state index contributed by atoms with van der Waals surface area (Å²) < 4.78 is 111. The first kappa shape index (κ1) is 21.0. The van der Waals surface area contributed by atoms with Crippen LogP contribution in [0.5, 0.6) is 5.75 Å². The molecular formula is C11H9BrF6O5S. The maximum Gasteiger partial charge on any atom is 0.523 e. The molecule has 0 fully saturated rings. The van der Waals surface area contributed by atoms with Gasteiger partial charge < -0.3 is 9.47 Å². The lowest BCUT2D eigenvalue weighted by molar-refractivity contribution is -0.200. The van der Waals surface area contributed by atoms with Crippen molar-refractivity contribution in [3.63, 3.8) is 0 Å². The Morgan fingerprint density at radius 3 is 2.21 bits per heavy atom. The van der Waals surface area contributed by atoms with Crippen molar-refractivity contribution in [2.75, 3.05) is 13.9 Å². The second-order valence-electron chi connectivity index (χ2n) is 4.16. The number of alkyl halides is 6. The van der Waals surface area contributed by atoms with Gasteiger partial charge in [-0.25, -0.2) is 4.18 Å². The smallest absolute Gasteiger partial charge is 0.466 e. The summed E-state index contributed by atoms with van der Waals surface area (Å²) in [6.07, 6.45) is -8.79. The fourth-order valence-corrected chi connectivity index (χ4v) is 2.34. The van der Waals surface area contributed by atoms with E-state index in [1.807, 2.05) is 0 Å². The van der Waals surface area contributed by atoms with Crippen LogP contribution >= 0.6 is 15.9 Å². The SMILES string of the molecule is COCOc1cc(C(OS(=O)(=O)C(F)(F)F)C(F)(F)F)ccc1Br. The normalized spacial score (nSPS) is 14.5. The van der Waals surface area contributed by atoms with Gasteiger partial charge in [0.15, 0.2) is 12.9 Å². The van der Waals surface area contributed by atoms with Gasteiger partial charge in [-0.3, -0.25) is 0 Å². The van der Waals surface area contributed by atoms with Crippen molar-refractivity contribution in [1.29, 1.82) is 0 Å². The molecule has 0 heterocycles. The maximum absolute atomic E-state index is 13.0. The topological polar surface area (TPSA) is 61.8 Å². The monoisotopic (exact) mass is 446 g/mol. The van der Waals surface area contributed by atoms with Gasteiger partial charge in [0.05, 0.1) is 4.47 Å². The fraction of sp³-hybridized carbons (Fsp3) is 0.455. The summed E-state index contributed by atoms with van der Waals surface area (Å²) in [6.45, 7) is -0.361. The molecule has 0 amide bonds. The molecule has 0 aliphatic rings. The minimum absolute atomic E-state index is 0.169. The average molecular weight is 447 g/mol. The third-order valence-electron chi connectivity index (χ3n) is 2.39. The van der Waals surface area contributed by atoms with Gasteiger partial charge in [-0.1, -0.05) is 6.07 Å². The van der Waals surface area contributed by atoms with Crippen molar-refractivity contribution < 1.29 is 48.4 Å². The zero-order valence-corrected chi connectivity index (χ0v) is 14.0. The van der Waals surface area contributed by atoms with E-state index < -0.39 is 33.5 Å². The molecule has 0 bridgehead atoms. The van der Waals surface area contributed by atoms with E-state index in [-0.39, 0.29) is 17.0 Å². The Morgan fingerprint density at radius 2 is 1.75 bits per heavy atom. The highest BCUT2D eigenvalue weighted by molar-refractivity contribution is 9.10. The predicted molar refractivity (Wildman–Crippen MR) is 71.5 cm³/mol. The van der Waals surface area contributed by atoms with Crippen molar-refractivity contribution in [1.82, 2.24) is 0 Å². The van der Waals surface area contributed by atoms with E-state index in [1.165, 1.54) is 7.11 Å². The summed E-state index contributed by atoms with van der Waals surface area (Å²) in [4.78, 5) is 0. The predicted octanol–water partition coefficient (Wildman–Crippen LogP) is 3.90. The Labute approximate surface area is 140 Å². The summed E-state index contributed by atoms with van der Waals surface area (Å²) in [6, 6.07) is 2.46. The fourth-order valence-electron chi connectivity index (χ4n) is 1.40. The van der Waals surface area contributed by atoms with Gasteiger partial charge >= 0.3 is 21.8 Å². The van der Waals surface area contributed by atoms with Crippen molar-refractivity contribution in [3.05, 3.63) is 28.2 Å². The molecule has 0 aliphatic carbocycles. The first-order valence-corrected chi connectivity index (χ1v) is 7.97. The van der Waals surface area contributed by atoms with Gasteiger partial charge in [0.25, 0.3) is 0 Å². The molecule has 0 aliphatic heterocycles. The van der Waals surface area contributed by atoms with E-state index in [0.717, 1.165) is 12.1 Å². The summed E-state index contributed by atoms with van der Waals surface area (Å²) in [5.74, 6) is -0.211. The molecule has 1 atom stereocenters. The van der Waals surface area contributed by atoms with Gasteiger partial charge in [-0.2, -0.15) is 34.8 Å². The molecule has 5 nitrogen and oxygen atoms in total. The Hall–Kier alpha value is -1.05. The molecule has 0 aromatic heterocycles. The molecule has 0 spiro atoms. The van der Waals surface area contributed by atoms with E-state index in [4.69, 9.17) is 4.74 Å². The van der Waals surface area contributed by atoms with Crippen LogP contribution in [0, 0.1) is 0 Å². The Balaban J connectivity index is 3.29. The molecule has 24 heavy (non-hydrogen) atoms. The Kier molecular flexibility index (Phi) is 6.52. The Bertz CT molecular complexity index is 672. The number of ether oxygens (including phenoxy) is 2. The second kappa shape index (κ2) is 7.45. The van der Waals surface area contributed by atoms with Gasteiger partial charge in [0.2, 0.25) is 0 Å². The maximum atomic E-state index is 13.0. The van der Waals surface area contributed by atoms with Gasteiger partial charge in [-0.05, 0) is 33.6 Å². The van der Waals surface area contributed by atoms with Crippen molar-refractivity contribution in [2.45, 2.75) is 17.8 Å². The third kappa shape index (κ3) is 5.22. The summed E-state index contributed by atoms with van der Waals surface area (Å²) in [5.41, 5.74) is -6.90. The largest absolute Gasteiger partial charge is 0.523 e. The first-order chi connectivity index (χ1) is 10.8. The van der Waals surface area contributed by atoms with Crippen LogP contribution in [-0.2, 0) is 19.0 Å². The average Bonchev–Trinajstić information content (AvgIpc) is 2.42. The lowest BCUT2D eigenvalue weighted by Crippen LogP contribution is -2.32. The molecular weight excluding hydrogens is 438 g/mol. The number of benzene rings is 1. The highest BCUT2D eigenvalue weighted by atomic mass is 79.9. The lowest BCUT2D eigenvalue weighted by atomic mass is 10.1. The van der Waals surface area contributed by atoms with E-state index in [9.17, 15) is 34.8 Å².